The van der Waals surface area contributed by atoms with Gasteiger partial charge in [0.05, 0.1) is 12.1 Å². The number of nitrogens with zero attached hydrogens (tertiary/aromatic N) is 1. The normalized spacial score (nSPS) is 22.2. The number of likely N-dealkylation sites (tertiary alicyclic amines) is 1. The van der Waals surface area contributed by atoms with Crippen molar-refractivity contribution in [3.63, 3.8) is 0 Å². The SMILES string of the molecule is CC(O)C(NC(=O)C(Cc1c[nH]c2ccccc12)NC(=O)C1CCCN1C(=O)C1CCCN1)C(=O)O. The number of nitrogens with one attached hydrogen (secondary N) is 4. The summed E-state index contributed by atoms with van der Waals surface area (Å²) in [5.74, 6) is -2.67. The maximum absolute atomic E-state index is 13.4. The fourth-order valence-corrected chi connectivity index (χ4v) is 5.04. The van der Waals surface area contributed by atoms with Gasteiger partial charge in [-0.25, -0.2) is 4.79 Å². The Bertz CT molecular complexity index is 1130. The van der Waals surface area contributed by atoms with Crippen LogP contribution in [0.3, 0.4) is 0 Å². The van der Waals surface area contributed by atoms with Gasteiger partial charge in [-0.05, 0) is 50.8 Å². The Morgan fingerprint density at radius 1 is 1.14 bits per heavy atom. The molecule has 2 aliphatic rings. The number of aromatic amines is 1. The second-order valence-electron chi connectivity index (χ2n) is 9.53. The van der Waals surface area contributed by atoms with Crippen LogP contribution in [0.15, 0.2) is 30.5 Å². The van der Waals surface area contributed by atoms with E-state index in [1.165, 1.54) is 6.92 Å². The molecule has 0 aliphatic carbocycles. The minimum Gasteiger partial charge on any atom is -0.480 e. The van der Waals surface area contributed by atoms with Crippen LogP contribution in [0.4, 0.5) is 0 Å². The number of benzene rings is 1. The molecule has 2 fully saturated rings. The van der Waals surface area contributed by atoms with Crippen molar-refractivity contribution >= 4 is 34.6 Å². The summed E-state index contributed by atoms with van der Waals surface area (Å²) in [5.41, 5.74) is 1.63. The van der Waals surface area contributed by atoms with Gasteiger partial charge in [0.15, 0.2) is 6.04 Å². The standard InChI is InChI=1S/C25H33N5O6/c1-14(31)21(25(35)36)29-22(32)19(12-15-13-27-17-7-3-2-6-16(15)17)28-23(33)20-9-5-11-30(20)24(34)18-8-4-10-26-18/h2-3,6-7,13-14,18-21,26-27,31H,4-5,8-12H2,1H3,(H,28,33)(H,29,32)(H,35,36). The lowest BCUT2D eigenvalue weighted by Crippen LogP contribution is -2.58. The Balaban J connectivity index is 1.54. The minimum atomic E-state index is -1.53. The number of H-pyrrole nitrogens is 1. The molecule has 3 amide bonds. The van der Waals surface area contributed by atoms with E-state index in [0.717, 1.165) is 35.9 Å². The van der Waals surface area contributed by atoms with Crippen LogP contribution in [-0.4, -0.2) is 87.1 Å². The summed E-state index contributed by atoms with van der Waals surface area (Å²) in [7, 11) is 0. The minimum absolute atomic E-state index is 0.0958. The second-order valence-corrected chi connectivity index (χ2v) is 9.53. The van der Waals surface area contributed by atoms with Crippen LogP contribution < -0.4 is 16.0 Å². The van der Waals surface area contributed by atoms with Gasteiger partial charge in [0, 0.05) is 30.1 Å². The topological polar surface area (TPSA) is 164 Å². The van der Waals surface area contributed by atoms with E-state index in [4.69, 9.17) is 0 Å². The summed E-state index contributed by atoms with van der Waals surface area (Å²) in [6.45, 7) is 2.50. The summed E-state index contributed by atoms with van der Waals surface area (Å²) in [4.78, 5) is 55.8. The van der Waals surface area contributed by atoms with Crippen molar-refractivity contribution in [2.75, 3.05) is 13.1 Å². The average Bonchev–Trinajstić information content (AvgIpc) is 3.62. The molecule has 1 aromatic carbocycles. The number of carboxylic acid groups (broad SMARTS) is 1. The smallest absolute Gasteiger partial charge is 0.328 e. The van der Waals surface area contributed by atoms with Gasteiger partial charge >= 0.3 is 5.97 Å². The van der Waals surface area contributed by atoms with Crippen LogP contribution in [0, 0.1) is 0 Å². The number of carbonyl (C=O) groups excluding carboxylic acids is 3. The van der Waals surface area contributed by atoms with Crippen molar-refractivity contribution in [1.82, 2.24) is 25.8 Å². The number of aliphatic carboxylic acids is 1. The van der Waals surface area contributed by atoms with E-state index in [2.05, 4.69) is 20.9 Å². The van der Waals surface area contributed by atoms with Gasteiger partial charge in [-0.3, -0.25) is 14.4 Å². The number of hydrogen-bond acceptors (Lipinski definition) is 6. The maximum atomic E-state index is 13.4. The van der Waals surface area contributed by atoms with E-state index in [9.17, 15) is 29.4 Å². The zero-order valence-corrected chi connectivity index (χ0v) is 20.2. The molecule has 0 spiro atoms. The van der Waals surface area contributed by atoms with Crippen LogP contribution in [-0.2, 0) is 25.6 Å². The fraction of sp³-hybridized carbons (Fsp3) is 0.520. The molecule has 2 aliphatic heterocycles. The highest BCUT2D eigenvalue weighted by molar-refractivity contribution is 5.95. The van der Waals surface area contributed by atoms with Gasteiger partial charge in [0.1, 0.15) is 12.1 Å². The Morgan fingerprint density at radius 2 is 1.92 bits per heavy atom. The van der Waals surface area contributed by atoms with Gasteiger partial charge in [-0.2, -0.15) is 0 Å². The molecular formula is C25H33N5O6. The number of carbonyl (C=O) groups is 4. The first-order chi connectivity index (χ1) is 17.3. The van der Waals surface area contributed by atoms with E-state index >= 15 is 0 Å². The molecule has 11 heteroatoms. The molecule has 3 heterocycles. The number of fused-ring (bicyclic) bond motifs is 1. The highest BCUT2D eigenvalue weighted by atomic mass is 16.4. The van der Waals surface area contributed by atoms with E-state index in [1.807, 2.05) is 24.3 Å². The molecule has 0 radical (unpaired) electrons. The highest BCUT2D eigenvalue weighted by Gasteiger charge is 2.39. The van der Waals surface area contributed by atoms with Crippen LogP contribution >= 0.6 is 0 Å². The summed E-state index contributed by atoms with van der Waals surface area (Å²) >= 11 is 0. The summed E-state index contributed by atoms with van der Waals surface area (Å²) in [6, 6.07) is 3.87. The van der Waals surface area contributed by atoms with Crippen molar-refractivity contribution in [1.29, 1.82) is 0 Å². The largest absolute Gasteiger partial charge is 0.480 e. The first-order valence-electron chi connectivity index (χ1n) is 12.4. The van der Waals surface area contributed by atoms with Crippen molar-refractivity contribution in [3.8, 4) is 0 Å². The van der Waals surface area contributed by atoms with E-state index in [-0.39, 0.29) is 18.4 Å². The van der Waals surface area contributed by atoms with Crippen LogP contribution in [0.2, 0.25) is 0 Å². The Morgan fingerprint density at radius 3 is 2.61 bits per heavy atom. The van der Waals surface area contributed by atoms with Crippen LogP contribution in [0.5, 0.6) is 0 Å². The molecule has 194 valence electrons. The van der Waals surface area contributed by atoms with Crippen molar-refractivity contribution < 1.29 is 29.4 Å². The summed E-state index contributed by atoms with van der Waals surface area (Å²) < 4.78 is 0. The predicted molar refractivity (Wildman–Crippen MR) is 131 cm³/mol. The van der Waals surface area contributed by atoms with Gasteiger partial charge in [-0.15, -0.1) is 0 Å². The molecule has 11 nitrogen and oxygen atoms in total. The van der Waals surface area contributed by atoms with Crippen molar-refractivity contribution in [2.45, 2.75) is 69.3 Å². The number of carboxylic acids is 1. The molecule has 5 unspecified atom stereocenters. The van der Waals surface area contributed by atoms with Gasteiger partial charge in [0.25, 0.3) is 0 Å². The Labute approximate surface area is 208 Å². The molecule has 2 aromatic rings. The predicted octanol–water partition coefficient (Wildman–Crippen LogP) is -0.112. The Hall–Kier alpha value is -3.44. The first-order valence-corrected chi connectivity index (χ1v) is 12.4. The second kappa shape index (κ2) is 11.1. The molecule has 2 saturated heterocycles. The molecular weight excluding hydrogens is 466 g/mol. The van der Waals surface area contributed by atoms with E-state index in [1.54, 1.807) is 11.1 Å². The van der Waals surface area contributed by atoms with Gasteiger partial charge in [0.2, 0.25) is 17.7 Å². The number of rotatable bonds is 9. The molecule has 1 aromatic heterocycles. The van der Waals surface area contributed by atoms with Crippen LogP contribution in [0.25, 0.3) is 10.9 Å². The van der Waals surface area contributed by atoms with E-state index in [0.29, 0.717) is 19.4 Å². The molecule has 36 heavy (non-hydrogen) atoms. The fourth-order valence-electron chi connectivity index (χ4n) is 5.04. The number of para-hydroxylation sites is 1. The number of aromatic nitrogens is 1. The quantitative estimate of drug-likeness (QED) is 0.280. The number of hydrogen-bond donors (Lipinski definition) is 6. The third kappa shape index (κ3) is 5.52. The third-order valence-corrected chi connectivity index (χ3v) is 6.98. The van der Waals surface area contributed by atoms with E-state index < -0.39 is 42.0 Å². The van der Waals surface area contributed by atoms with Crippen molar-refractivity contribution in [3.05, 3.63) is 36.0 Å². The summed E-state index contributed by atoms with van der Waals surface area (Å²) in [5, 5.41) is 28.4. The number of aliphatic hydroxyl groups is 1. The molecule has 0 saturated carbocycles. The zero-order chi connectivity index (χ0) is 25.8. The lowest BCUT2D eigenvalue weighted by atomic mass is 10.0. The third-order valence-electron chi connectivity index (χ3n) is 6.98. The average molecular weight is 500 g/mol. The molecule has 0 bridgehead atoms. The van der Waals surface area contributed by atoms with Gasteiger partial charge < -0.3 is 36.0 Å². The maximum Gasteiger partial charge on any atom is 0.328 e. The van der Waals surface area contributed by atoms with Crippen LogP contribution in [0.1, 0.15) is 38.2 Å². The zero-order valence-electron chi connectivity index (χ0n) is 20.2. The number of amides is 3. The van der Waals surface area contributed by atoms with Gasteiger partial charge in [-0.1, -0.05) is 18.2 Å². The first kappa shape index (κ1) is 25.6. The highest BCUT2D eigenvalue weighted by Crippen LogP contribution is 2.22. The summed E-state index contributed by atoms with van der Waals surface area (Å²) in [6.07, 6.45) is 3.30. The lowest BCUT2D eigenvalue weighted by Gasteiger charge is -2.29. The Kier molecular flexibility index (Phi) is 7.90. The van der Waals surface area contributed by atoms with Crippen molar-refractivity contribution in [2.24, 2.45) is 0 Å². The molecule has 4 rings (SSSR count). The molecule has 6 N–H and O–H groups in total. The lowest BCUT2D eigenvalue weighted by molar-refractivity contribution is -0.145. The molecule has 5 atom stereocenters. The number of aliphatic hydroxyl groups excluding tert-OH is 1. The monoisotopic (exact) mass is 499 g/mol.